The summed E-state index contributed by atoms with van der Waals surface area (Å²) >= 11 is 1.26. The number of rotatable bonds is 7. The minimum Gasteiger partial charge on any atom is -0.389 e. The number of nitrogens with zero attached hydrogens (tertiary/aromatic N) is 2. The van der Waals surface area contributed by atoms with Crippen LogP contribution in [-0.2, 0) is 21.2 Å². The number of sulfone groups is 1. The molecule has 0 bridgehead atoms. The van der Waals surface area contributed by atoms with Gasteiger partial charge in [0.2, 0.25) is 0 Å². The van der Waals surface area contributed by atoms with Gasteiger partial charge in [0.25, 0.3) is 11.8 Å². The number of aliphatic hydroxyl groups is 1. The van der Waals surface area contributed by atoms with Gasteiger partial charge in [0.1, 0.15) is 0 Å². The lowest BCUT2D eigenvalue weighted by molar-refractivity contribution is -0.131. The monoisotopic (exact) mass is 507 g/mol. The normalized spacial score (nSPS) is 18.2. The van der Waals surface area contributed by atoms with Crippen LogP contribution < -0.4 is 5.48 Å². The van der Waals surface area contributed by atoms with Crippen molar-refractivity contribution in [2.45, 2.75) is 44.1 Å². The predicted molar refractivity (Wildman–Crippen MR) is 128 cm³/mol. The Morgan fingerprint density at radius 1 is 1.29 bits per heavy atom. The molecular formula is C23H29N3O6S2. The van der Waals surface area contributed by atoms with E-state index in [-0.39, 0.29) is 24.8 Å². The maximum Gasteiger partial charge on any atom is 0.264 e. The van der Waals surface area contributed by atoms with Crippen molar-refractivity contribution in [3.63, 3.8) is 0 Å². The van der Waals surface area contributed by atoms with E-state index >= 15 is 0 Å². The molecule has 1 fully saturated rings. The molecule has 0 saturated carbocycles. The van der Waals surface area contributed by atoms with Gasteiger partial charge in [-0.05, 0) is 56.6 Å². The molecule has 1 aromatic rings. The van der Waals surface area contributed by atoms with E-state index in [1.807, 2.05) is 6.07 Å². The number of β-amino-alcohol motifs (C(OH)–C–C–N with tert-alkyl or cyclic N) is 1. The van der Waals surface area contributed by atoms with Gasteiger partial charge in [0, 0.05) is 44.9 Å². The van der Waals surface area contributed by atoms with E-state index in [1.165, 1.54) is 28.6 Å². The summed E-state index contributed by atoms with van der Waals surface area (Å²) in [6.07, 6.45) is 0.783. The molecule has 3 N–H and O–H groups in total. The third-order valence-electron chi connectivity index (χ3n) is 6.00. The molecule has 3 heterocycles. The summed E-state index contributed by atoms with van der Waals surface area (Å²) in [5.74, 6) is 10.8. The van der Waals surface area contributed by atoms with Gasteiger partial charge in [-0.25, -0.2) is 13.9 Å². The Morgan fingerprint density at radius 3 is 2.53 bits per heavy atom. The average molecular weight is 508 g/mol. The van der Waals surface area contributed by atoms with Crippen LogP contribution in [0.5, 0.6) is 0 Å². The van der Waals surface area contributed by atoms with Crippen LogP contribution in [0.2, 0.25) is 0 Å². The van der Waals surface area contributed by atoms with E-state index in [2.05, 4.69) is 28.6 Å². The second kappa shape index (κ2) is 9.68. The van der Waals surface area contributed by atoms with E-state index in [1.54, 1.807) is 13.8 Å². The largest absolute Gasteiger partial charge is 0.389 e. The van der Waals surface area contributed by atoms with Gasteiger partial charge in [0.15, 0.2) is 14.6 Å². The average Bonchev–Trinajstić information content (AvgIpc) is 3.23. The summed E-state index contributed by atoms with van der Waals surface area (Å²) in [7, 11) is -3.83. The number of nitrogens with one attached hydrogen (secondary N) is 1. The molecule has 1 atom stereocenters. The topological polar surface area (TPSA) is 127 Å². The van der Waals surface area contributed by atoms with Crippen LogP contribution in [-0.4, -0.2) is 83.1 Å². The molecule has 34 heavy (non-hydrogen) atoms. The summed E-state index contributed by atoms with van der Waals surface area (Å²) in [4.78, 5) is 29.6. The SMILES string of the molecule is CC(C)(O)CN1CC(C#CC#Cc2cc3c(s2)C(=O)N(CC[C@](C)(C(=O)NO)S(C)(=O)=O)C3)C1. The number of hydrogen-bond acceptors (Lipinski definition) is 8. The molecule has 0 unspecified atom stereocenters. The van der Waals surface area contributed by atoms with E-state index < -0.39 is 26.1 Å². The highest BCUT2D eigenvalue weighted by atomic mass is 32.2. The lowest BCUT2D eigenvalue weighted by Crippen LogP contribution is -2.51. The molecule has 2 aliphatic heterocycles. The second-order valence-corrected chi connectivity index (χ2v) is 13.1. The Hall–Kier alpha value is -2.41. The Balaban J connectivity index is 1.56. The fourth-order valence-corrected chi connectivity index (χ4v) is 5.73. The molecule has 2 aliphatic rings. The number of amides is 2. The zero-order valence-electron chi connectivity index (χ0n) is 19.6. The van der Waals surface area contributed by atoms with Crippen molar-refractivity contribution in [1.29, 1.82) is 0 Å². The first-order chi connectivity index (χ1) is 15.7. The highest BCUT2D eigenvalue weighted by Gasteiger charge is 2.44. The standard InChI is InChI=1S/C23H29N3O6S2/c1-22(2,29)15-25-12-16(13-25)7-5-6-8-18-11-17-14-26(20(27)19(17)33-18)10-9-23(3,21(28)24-30)34(4,31)32/h11,16,29-30H,9-10,12-15H2,1-4H3,(H,24,28)/t23-/m1/s1. The Labute approximate surface area is 204 Å². The Bertz CT molecular complexity index is 1200. The minimum absolute atomic E-state index is 0.0512. The molecule has 1 saturated heterocycles. The number of hydrogen-bond donors (Lipinski definition) is 3. The number of hydroxylamine groups is 1. The third-order valence-corrected chi connectivity index (χ3v) is 9.11. The highest BCUT2D eigenvalue weighted by molar-refractivity contribution is 7.92. The maximum atomic E-state index is 12.7. The van der Waals surface area contributed by atoms with Gasteiger partial charge >= 0.3 is 0 Å². The van der Waals surface area contributed by atoms with Gasteiger partial charge < -0.3 is 10.0 Å². The molecule has 0 radical (unpaired) electrons. The first-order valence-electron chi connectivity index (χ1n) is 10.8. The van der Waals surface area contributed by atoms with Gasteiger partial charge in [-0.2, -0.15) is 0 Å². The zero-order valence-corrected chi connectivity index (χ0v) is 21.3. The fraction of sp³-hybridized carbons (Fsp3) is 0.565. The molecule has 2 amide bonds. The van der Waals surface area contributed by atoms with Gasteiger partial charge in [-0.1, -0.05) is 5.92 Å². The molecule has 0 aromatic carbocycles. The molecule has 11 heteroatoms. The van der Waals surface area contributed by atoms with Crippen molar-refractivity contribution < 1.29 is 28.3 Å². The van der Waals surface area contributed by atoms with E-state index in [9.17, 15) is 23.1 Å². The molecular weight excluding hydrogens is 478 g/mol. The molecule has 3 rings (SSSR count). The van der Waals surface area contributed by atoms with Crippen LogP contribution in [0.4, 0.5) is 0 Å². The van der Waals surface area contributed by atoms with Crippen molar-refractivity contribution in [3.8, 4) is 23.7 Å². The second-order valence-electron chi connectivity index (χ2n) is 9.61. The quantitative estimate of drug-likeness (QED) is 0.278. The lowest BCUT2D eigenvalue weighted by Gasteiger charge is -2.39. The van der Waals surface area contributed by atoms with E-state index in [0.717, 1.165) is 29.8 Å². The number of fused-ring (bicyclic) bond motifs is 1. The number of thiophene rings is 1. The summed E-state index contributed by atoms with van der Waals surface area (Å²) in [6, 6.07) is 1.83. The van der Waals surface area contributed by atoms with Gasteiger partial charge in [-0.15, -0.1) is 11.3 Å². The summed E-state index contributed by atoms with van der Waals surface area (Å²) < 4.78 is 22.4. The van der Waals surface area contributed by atoms with Gasteiger partial charge in [-0.3, -0.25) is 19.7 Å². The van der Waals surface area contributed by atoms with E-state index in [4.69, 9.17) is 5.21 Å². The van der Waals surface area contributed by atoms with Crippen LogP contribution in [0, 0.1) is 29.6 Å². The molecule has 1 aromatic heterocycles. The summed E-state index contributed by atoms with van der Waals surface area (Å²) in [6.45, 7) is 7.39. The summed E-state index contributed by atoms with van der Waals surface area (Å²) in [5, 5.41) is 18.7. The number of carbonyl (C=O) groups is 2. The van der Waals surface area contributed by atoms with E-state index in [0.29, 0.717) is 18.0 Å². The maximum absolute atomic E-state index is 12.7. The lowest BCUT2D eigenvalue weighted by atomic mass is 9.98. The third kappa shape index (κ3) is 5.80. The van der Waals surface area contributed by atoms with Crippen LogP contribution >= 0.6 is 11.3 Å². The zero-order chi connectivity index (χ0) is 25.3. The molecule has 0 spiro atoms. The van der Waals surface area contributed by atoms with Crippen LogP contribution in [0.3, 0.4) is 0 Å². The van der Waals surface area contributed by atoms with Crippen molar-refractivity contribution in [3.05, 3.63) is 21.4 Å². The van der Waals surface area contributed by atoms with Crippen molar-refractivity contribution in [1.82, 2.24) is 15.3 Å². The summed E-state index contributed by atoms with van der Waals surface area (Å²) in [5.41, 5.74) is 1.50. The van der Waals surface area contributed by atoms with Crippen LogP contribution in [0.25, 0.3) is 0 Å². The van der Waals surface area contributed by atoms with Crippen LogP contribution in [0.1, 0.15) is 47.3 Å². The van der Waals surface area contributed by atoms with Crippen LogP contribution in [0.15, 0.2) is 6.07 Å². The number of likely N-dealkylation sites (tertiary alicyclic amines) is 1. The first-order valence-corrected chi connectivity index (χ1v) is 13.5. The Morgan fingerprint density at radius 2 is 1.97 bits per heavy atom. The highest BCUT2D eigenvalue weighted by Crippen LogP contribution is 2.32. The molecule has 0 aliphatic carbocycles. The Kier molecular flexibility index (Phi) is 7.46. The number of carbonyl (C=O) groups excluding carboxylic acids is 2. The first kappa shape index (κ1) is 26.2. The predicted octanol–water partition coefficient (Wildman–Crippen LogP) is 0.460. The van der Waals surface area contributed by atoms with Gasteiger partial charge in [0.05, 0.1) is 15.4 Å². The minimum atomic E-state index is -3.83. The molecule has 9 nitrogen and oxygen atoms in total. The molecule has 184 valence electrons. The van der Waals surface area contributed by atoms with Crippen molar-refractivity contribution >= 4 is 33.0 Å². The van der Waals surface area contributed by atoms with Crippen molar-refractivity contribution in [2.75, 3.05) is 32.4 Å². The van der Waals surface area contributed by atoms with Crippen molar-refractivity contribution in [2.24, 2.45) is 5.92 Å². The fourth-order valence-electron chi connectivity index (χ4n) is 3.89. The smallest absolute Gasteiger partial charge is 0.264 e.